The number of ether oxygens (including phenoxy) is 1. The van der Waals surface area contributed by atoms with Crippen LogP contribution in [0.2, 0.25) is 0 Å². The van der Waals surface area contributed by atoms with Crippen LogP contribution in [0.1, 0.15) is 10.4 Å². The first-order valence-electron chi connectivity index (χ1n) is 4.98. The molecule has 0 heterocycles. The molecule has 2 aromatic rings. The highest BCUT2D eigenvalue weighted by molar-refractivity contribution is 9.11. The summed E-state index contributed by atoms with van der Waals surface area (Å²) in [6.45, 7) is 0. The molecular formula is C13H7Br2FO2. The minimum absolute atomic E-state index is 0.0736. The van der Waals surface area contributed by atoms with Gasteiger partial charge in [-0.2, -0.15) is 0 Å². The third-order valence-corrected chi connectivity index (χ3v) is 3.34. The number of rotatable bonds is 3. The van der Waals surface area contributed by atoms with Crippen LogP contribution in [0.15, 0.2) is 45.3 Å². The van der Waals surface area contributed by atoms with Gasteiger partial charge in [0.15, 0.2) is 17.9 Å². The molecule has 0 saturated carbocycles. The third-order valence-electron chi connectivity index (χ3n) is 2.23. The number of aldehydes is 1. The van der Waals surface area contributed by atoms with E-state index in [2.05, 4.69) is 31.9 Å². The molecule has 0 aliphatic carbocycles. The van der Waals surface area contributed by atoms with Gasteiger partial charge in [0.05, 0.1) is 10.0 Å². The minimum atomic E-state index is -0.575. The molecule has 0 bridgehead atoms. The Morgan fingerprint density at radius 2 is 1.94 bits per heavy atom. The predicted octanol–water partition coefficient (Wildman–Crippen LogP) is 4.96. The Bertz CT molecular complexity index is 600. The van der Waals surface area contributed by atoms with E-state index in [0.717, 1.165) is 4.47 Å². The topological polar surface area (TPSA) is 26.3 Å². The normalized spacial score (nSPS) is 10.2. The van der Waals surface area contributed by atoms with Crippen LogP contribution in [0.4, 0.5) is 4.39 Å². The Labute approximate surface area is 120 Å². The van der Waals surface area contributed by atoms with Crippen molar-refractivity contribution in [2.75, 3.05) is 0 Å². The van der Waals surface area contributed by atoms with Crippen molar-refractivity contribution in [3.63, 3.8) is 0 Å². The van der Waals surface area contributed by atoms with Gasteiger partial charge in [-0.05, 0) is 46.3 Å². The monoisotopic (exact) mass is 372 g/mol. The Morgan fingerprint density at radius 1 is 1.17 bits per heavy atom. The number of carbonyl (C=O) groups is 1. The molecule has 2 nitrogen and oxygen atoms in total. The molecule has 2 aromatic carbocycles. The van der Waals surface area contributed by atoms with Crippen LogP contribution < -0.4 is 4.74 Å². The zero-order chi connectivity index (χ0) is 13.1. The van der Waals surface area contributed by atoms with Crippen molar-refractivity contribution in [1.29, 1.82) is 0 Å². The first-order chi connectivity index (χ1) is 8.61. The number of hydrogen-bond acceptors (Lipinski definition) is 2. The van der Waals surface area contributed by atoms with E-state index >= 15 is 0 Å². The van der Waals surface area contributed by atoms with Crippen LogP contribution in [-0.4, -0.2) is 6.29 Å². The van der Waals surface area contributed by atoms with Gasteiger partial charge in [0, 0.05) is 4.47 Å². The van der Waals surface area contributed by atoms with Crippen molar-refractivity contribution >= 4 is 38.1 Å². The van der Waals surface area contributed by atoms with Crippen molar-refractivity contribution in [2.24, 2.45) is 0 Å². The van der Waals surface area contributed by atoms with E-state index in [1.54, 1.807) is 18.2 Å². The van der Waals surface area contributed by atoms with Gasteiger partial charge in [-0.3, -0.25) is 4.79 Å². The SMILES string of the molecule is O=Cc1cccc(F)c1Oc1ccc(Br)cc1Br. The lowest BCUT2D eigenvalue weighted by atomic mass is 10.2. The summed E-state index contributed by atoms with van der Waals surface area (Å²) in [7, 11) is 0. The highest BCUT2D eigenvalue weighted by Gasteiger charge is 2.12. The molecule has 92 valence electrons. The molecule has 0 atom stereocenters. The van der Waals surface area contributed by atoms with E-state index in [0.29, 0.717) is 16.5 Å². The Morgan fingerprint density at radius 3 is 2.61 bits per heavy atom. The molecule has 0 amide bonds. The summed E-state index contributed by atoms with van der Waals surface area (Å²) in [6, 6.07) is 9.42. The summed E-state index contributed by atoms with van der Waals surface area (Å²) in [4.78, 5) is 10.8. The summed E-state index contributed by atoms with van der Waals surface area (Å²) >= 11 is 6.62. The van der Waals surface area contributed by atoms with E-state index in [-0.39, 0.29) is 11.3 Å². The van der Waals surface area contributed by atoms with Crippen LogP contribution in [-0.2, 0) is 0 Å². The first-order valence-corrected chi connectivity index (χ1v) is 6.57. The van der Waals surface area contributed by atoms with Crippen LogP contribution in [0.5, 0.6) is 11.5 Å². The lowest BCUT2D eigenvalue weighted by molar-refractivity contribution is 0.112. The van der Waals surface area contributed by atoms with Gasteiger partial charge in [0.25, 0.3) is 0 Å². The molecule has 0 aliphatic rings. The summed E-state index contributed by atoms with van der Waals surface area (Å²) in [5, 5.41) is 0. The summed E-state index contributed by atoms with van der Waals surface area (Å²) in [5.74, 6) is -0.212. The van der Waals surface area contributed by atoms with E-state index in [4.69, 9.17) is 4.74 Å². The van der Waals surface area contributed by atoms with Gasteiger partial charge in [0.2, 0.25) is 0 Å². The van der Waals surface area contributed by atoms with Crippen molar-refractivity contribution in [2.45, 2.75) is 0 Å². The predicted molar refractivity (Wildman–Crippen MR) is 73.7 cm³/mol. The number of benzene rings is 2. The zero-order valence-corrected chi connectivity index (χ0v) is 12.2. The standard InChI is InChI=1S/C13H7Br2FO2/c14-9-4-5-12(10(15)6-9)18-13-8(7-17)2-1-3-11(13)16/h1-7H. The molecule has 0 N–H and O–H groups in total. The molecule has 2 rings (SSSR count). The number of carbonyl (C=O) groups excluding carboxylic acids is 1. The highest BCUT2D eigenvalue weighted by Crippen LogP contribution is 2.34. The molecule has 0 spiro atoms. The van der Waals surface area contributed by atoms with Crippen molar-refractivity contribution < 1.29 is 13.9 Å². The van der Waals surface area contributed by atoms with E-state index in [1.807, 2.05) is 0 Å². The molecule has 0 fully saturated rings. The number of hydrogen-bond donors (Lipinski definition) is 0. The highest BCUT2D eigenvalue weighted by atomic mass is 79.9. The lowest BCUT2D eigenvalue weighted by Crippen LogP contribution is -1.94. The van der Waals surface area contributed by atoms with Gasteiger partial charge in [-0.25, -0.2) is 4.39 Å². The van der Waals surface area contributed by atoms with Crippen LogP contribution in [0.3, 0.4) is 0 Å². The maximum atomic E-state index is 13.6. The van der Waals surface area contributed by atoms with Crippen LogP contribution >= 0.6 is 31.9 Å². The fourth-order valence-electron chi connectivity index (χ4n) is 1.39. The second-order valence-corrected chi connectivity index (χ2v) is 5.22. The Hall–Kier alpha value is -1.20. The van der Waals surface area contributed by atoms with E-state index < -0.39 is 5.82 Å². The van der Waals surface area contributed by atoms with Gasteiger partial charge in [-0.15, -0.1) is 0 Å². The average Bonchev–Trinajstić information content (AvgIpc) is 2.34. The Balaban J connectivity index is 2.42. The molecule has 5 heteroatoms. The molecule has 0 saturated heterocycles. The minimum Gasteiger partial charge on any atom is -0.452 e. The van der Waals surface area contributed by atoms with Crippen LogP contribution in [0, 0.1) is 5.82 Å². The van der Waals surface area contributed by atoms with Crippen molar-refractivity contribution in [1.82, 2.24) is 0 Å². The fourth-order valence-corrected chi connectivity index (χ4v) is 2.52. The first kappa shape index (κ1) is 13.2. The number of halogens is 3. The molecule has 18 heavy (non-hydrogen) atoms. The largest absolute Gasteiger partial charge is 0.452 e. The zero-order valence-electron chi connectivity index (χ0n) is 8.99. The van der Waals surface area contributed by atoms with Gasteiger partial charge < -0.3 is 4.74 Å². The lowest BCUT2D eigenvalue weighted by Gasteiger charge is -2.10. The van der Waals surface area contributed by atoms with Crippen molar-refractivity contribution in [3.05, 3.63) is 56.7 Å². The average molecular weight is 374 g/mol. The fraction of sp³-hybridized carbons (Fsp3) is 0. The second-order valence-electron chi connectivity index (χ2n) is 3.45. The van der Waals surface area contributed by atoms with Gasteiger partial charge in [0.1, 0.15) is 5.75 Å². The van der Waals surface area contributed by atoms with Crippen molar-refractivity contribution in [3.8, 4) is 11.5 Å². The number of para-hydroxylation sites is 1. The summed E-state index contributed by atoms with van der Waals surface area (Å²) < 4.78 is 20.6. The van der Waals surface area contributed by atoms with Gasteiger partial charge >= 0.3 is 0 Å². The Kier molecular flexibility index (Phi) is 4.14. The molecular weight excluding hydrogens is 367 g/mol. The van der Waals surface area contributed by atoms with Crippen LogP contribution in [0.25, 0.3) is 0 Å². The second kappa shape index (κ2) is 5.63. The summed E-state index contributed by atoms with van der Waals surface area (Å²) in [5.41, 5.74) is 0.171. The van der Waals surface area contributed by atoms with E-state index in [9.17, 15) is 9.18 Å². The quantitative estimate of drug-likeness (QED) is 0.711. The molecule has 0 unspecified atom stereocenters. The summed E-state index contributed by atoms with van der Waals surface area (Å²) in [6.07, 6.45) is 0.561. The molecule has 0 radical (unpaired) electrons. The van der Waals surface area contributed by atoms with Gasteiger partial charge in [-0.1, -0.05) is 22.0 Å². The van der Waals surface area contributed by atoms with E-state index in [1.165, 1.54) is 18.2 Å². The third kappa shape index (κ3) is 2.79. The maximum absolute atomic E-state index is 13.6. The smallest absolute Gasteiger partial charge is 0.173 e. The molecule has 0 aromatic heterocycles. The molecule has 0 aliphatic heterocycles. The maximum Gasteiger partial charge on any atom is 0.173 e.